The topological polar surface area (TPSA) is 147 Å². The maximum atomic E-state index is 13.1. The molecule has 5 aliphatic heterocycles. The maximum Gasteiger partial charge on any atom is 0.255 e. The number of hydrogen-bond acceptors (Lipinski definition) is 11. The minimum atomic E-state index is -0.653. The second-order valence-corrected chi connectivity index (χ2v) is 14.2. The first-order valence-electron chi connectivity index (χ1n) is 17.2. The molecule has 1 spiro atoms. The van der Waals surface area contributed by atoms with Crippen molar-refractivity contribution < 1.29 is 33.4 Å². The highest BCUT2D eigenvalue weighted by molar-refractivity contribution is 6.05. The second kappa shape index (κ2) is 12.9. The molecule has 4 saturated heterocycles. The van der Waals surface area contributed by atoms with Gasteiger partial charge in [0.25, 0.3) is 5.91 Å². The van der Waals surface area contributed by atoms with Gasteiger partial charge in [0.1, 0.15) is 23.4 Å². The molecule has 3 aromatic rings. The average molecular weight is 684 g/mol. The number of carbonyl (C=O) groups excluding carboxylic acids is 4. The molecule has 50 heavy (non-hydrogen) atoms. The van der Waals surface area contributed by atoms with Crippen LogP contribution in [0.5, 0.6) is 5.75 Å². The predicted octanol–water partition coefficient (Wildman–Crippen LogP) is 1.35. The van der Waals surface area contributed by atoms with E-state index in [1.54, 1.807) is 25.0 Å². The zero-order valence-electron chi connectivity index (χ0n) is 28.3. The lowest BCUT2D eigenvalue weighted by Gasteiger charge is -2.54. The van der Waals surface area contributed by atoms with Crippen LogP contribution in [0.4, 0.5) is 5.95 Å². The summed E-state index contributed by atoms with van der Waals surface area (Å²) < 4.78 is 17.6. The predicted molar refractivity (Wildman–Crippen MR) is 180 cm³/mol. The van der Waals surface area contributed by atoms with Gasteiger partial charge in [-0.15, -0.1) is 0 Å². The minimum Gasteiger partial charge on any atom is -0.489 e. The van der Waals surface area contributed by atoms with Crippen LogP contribution in [-0.4, -0.2) is 126 Å². The van der Waals surface area contributed by atoms with E-state index in [-0.39, 0.29) is 41.7 Å². The SMILES string of the molecule is COC[C@@H]1CN(Cc2ccc3nc(N4CCN(C(C)=O)C5(COC5)C4)ncc3c2)C[C@H]1Oc1ccc2c(c1)CN([C@H]1CCC(=O)NC1=O)C2=O. The van der Waals surface area contributed by atoms with Crippen molar-refractivity contribution in [2.75, 3.05) is 64.6 Å². The molecule has 4 amide bonds. The monoisotopic (exact) mass is 683 g/mol. The Hall–Kier alpha value is -4.66. The van der Waals surface area contributed by atoms with E-state index < -0.39 is 11.9 Å². The molecule has 0 aliphatic carbocycles. The number of hydrogen-bond donors (Lipinski definition) is 1. The number of methoxy groups -OCH3 is 1. The Morgan fingerprint density at radius 3 is 2.72 bits per heavy atom. The number of rotatable bonds is 8. The number of carbonyl (C=O) groups is 4. The molecule has 2 aromatic carbocycles. The molecule has 14 nitrogen and oxygen atoms in total. The zero-order valence-corrected chi connectivity index (χ0v) is 28.3. The van der Waals surface area contributed by atoms with Crippen molar-refractivity contribution in [1.29, 1.82) is 0 Å². The van der Waals surface area contributed by atoms with Crippen LogP contribution in [0.1, 0.15) is 41.3 Å². The molecule has 14 heteroatoms. The number of piperazine rings is 1. The van der Waals surface area contributed by atoms with E-state index in [0.29, 0.717) is 76.2 Å². The van der Waals surface area contributed by atoms with Crippen molar-refractivity contribution in [2.45, 2.75) is 50.5 Å². The highest BCUT2D eigenvalue weighted by Crippen LogP contribution is 2.34. The van der Waals surface area contributed by atoms with Gasteiger partial charge in [-0.3, -0.25) is 29.4 Å². The lowest BCUT2D eigenvalue weighted by atomic mass is 9.91. The number of nitrogens with zero attached hydrogens (tertiary/aromatic N) is 6. The first-order valence-corrected chi connectivity index (χ1v) is 17.2. The van der Waals surface area contributed by atoms with E-state index >= 15 is 0 Å². The van der Waals surface area contributed by atoms with Gasteiger partial charge < -0.3 is 28.9 Å². The van der Waals surface area contributed by atoms with Crippen LogP contribution < -0.4 is 15.0 Å². The minimum absolute atomic E-state index is 0.0744. The van der Waals surface area contributed by atoms with Crippen LogP contribution in [0.2, 0.25) is 0 Å². The van der Waals surface area contributed by atoms with Crippen molar-refractivity contribution >= 4 is 40.5 Å². The number of amides is 4. The molecule has 1 aromatic heterocycles. The van der Waals surface area contributed by atoms with Crippen LogP contribution in [0.3, 0.4) is 0 Å². The smallest absolute Gasteiger partial charge is 0.255 e. The Balaban J connectivity index is 0.918. The molecular weight excluding hydrogens is 642 g/mol. The number of aromatic nitrogens is 2. The Bertz CT molecular complexity index is 1870. The number of piperidine rings is 1. The van der Waals surface area contributed by atoms with E-state index in [4.69, 9.17) is 24.2 Å². The molecule has 4 fully saturated rings. The number of anilines is 1. The quantitative estimate of drug-likeness (QED) is 0.344. The van der Waals surface area contributed by atoms with Crippen molar-refractivity contribution in [3.63, 3.8) is 0 Å². The highest BCUT2D eigenvalue weighted by Gasteiger charge is 2.49. The standard InChI is InChI=1S/C36H41N7O7/c1-22(44)43-10-9-41(19-36(43)20-49-21-36)35-37-13-24-11-23(3-6-29(24)38-35)14-40-15-26(18-48-2)31(17-40)50-27-4-5-28-25(12-27)16-42(34(28)47)30-7-8-32(45)39-33(30)46/h3-6,11-13,26,30-31H,7-10,14-21H2,1-2H3,(H,39,45,46)/t26-,30-,31+/m0/s1. The van der Waals surface area contributed by atoms with Gasteiger partial charge in [0.15, 0.2) is 0 Å². The van der Waals surface area contributed by atoms with Crippen LogP contribution in [-0.2, 0) is 36.9 Å². The summed E-state index contributed by atoms with van der Waals surface area (Å²) in [6.45, 7) is 7.73. The lowest BCUT2D eigenvalue weighted by Crippen LogP contribution is -2.72. The van der Waals surface area contributed by atoms with Crippen LogP contribution in [0.15, 0.2) is 42.6 Å². The molecule has 0 saturated carbocycles. The van der Waals surface area contributed by atoms with Gasteiger partial charge in [-0.05, 0) is 47.9 Å². The Kier molecular flexibility index (Phi) is 8.40. The number of nitrogens with one attached hydrogen (secondary N) is 1. The molecule has 3 atom stereocenters. The summed E-state index contributed by atoms with van der Waals surface area (Å²) in [5.74, 6) is 0.635. The molecule has 0 bridgehead atoms. The molecule has 262 valence electrons. The summed E-state index contributed by atoms with van der Waals surface area (Å²) in [5, 5.41) is 3.32. The van der Waals surface area contributed by atoms with Crippen molar-refractivity contribution in [3.05, 3.63) is 59.3 Å². The Morgan fingerprint density at radius 2 is 1.96 bits per heavy atom. The summed E-state index contributed by atoms with van der Waals surface area (Å²) >= 11 is 0. The van der Waals surface area contributed by atoms with Crippen molar-refractivity contribution in [2.24, 2.45) is 5.92 Å². The summed E-state index contributed by atoms with van der Waals surface area (Å²) in [7, 11) is 1.70. The van der Waals surface area contributed by atoms with Gasteiger partial charge in [0.05, 0.1) is 25.3 Å². The molecular formula is C36H41N7O7. The fourth-order valence-electron chi connectivity index (χ4n) is 8.17. The highest BCUT2D eigenvalue weighted by atomic mass is 16.5. The van der Waals surface area contributed by atoms with Gasteiger partial charge >= 0.3 is 0 Å². The largest absolute Gasteiger partial charge is 0.489 e. The molecule has 5 aliphatic rings. The maximum absolute atomic E-state index is 13.1. The molecule has 8 rings (SSSR count). The van der Waals surface area contributed by atoms with E-state index in [2.05, 4.69) is 27.2 Å². The number of likely N-dealkylation sites (tertiary alicyclic amines) is 1. The first kappa shape index (κ1) is 32.5. The summed E-state index contributed by atoms with van der Waals surface area (Å²) in [6, 6.07) is 11.1. The summed E-state index contributed by atoms with van der Waals surface area (Å²) in [5.41, 5.74) is 3.09. The average Bonchev–Trinajstić information content (AvgIpc) is 3.61. The first-order chi connectivity index (χ1) is 24.2. The fourth-order valence-corrected chi connectivity index (χ4v) is 8.17. The van der Waals surface area contributed by atoms with E-state index in [1.807, 2.05) is 29.3 Å². The van der Waals surface area contributed by atoms with Crippen molar-refractivity contribution in [1.82, 2.24) is 30.0 Å². The van der Waals surface area contributed by atoms with Gasteiger partial charge in [0, 0.05) is 89.3 Å². The van der Waals surface area contributed by atoms with Crippen LogP contribution in [0.25, 0.3) is 10.9 Å². The molecule has 0 radical (unpaired) electrons. The number of ether oxygens (including phenoxy) is 3. The molecule has 6 heterocycles. The van der Waals surface area contributed by atoms with Crippen LogP contribution >= 0.6 is 0 Å². The number of imide groups is 1. The lowest BCUT2D eigenvalue weighted by molar-refractivity contribution is -0.167. The van der Waals surface area contributed by atoms with Gasteiger partial charge in [-0.25, -0.2) is 9.97 Å². The second-order valence-electron chi connectivity index (χ2n) is 14.2. The Morgan fingerprint density at radius 1 is 1.10 bits per heavy atom. The van der Waals surface area contributed by atoms with Crippen LogP contribution in [0, 0.1) is 5.92 Å². The van der Waals surface area contributed by atoms with Crippen molar-refractivity contribution in [3.8, 4) is 5.75 Å². The van der Waals surface area contributed by atoms with E-state index in [0.717, 1.165) is 35.1 Å². The molecule has 1 N–H and O–H groups in total. The third-order valence-corrected chi connectivity index (χ3v) is 10.7. The number of fused-ring (bicyclic) bond motifs is 2. The normalized spacial score (nSPS) is 24.9. The summed E-state index contributed by atoms with van der Waals surface area (Å²) in [6.07, 6.45) is 2.31. The van der Waals surface area contributed by atoms with Gasteiger partial charge in [-0.2, -0.15) is 0 Å². The molecule has 0 unspecified atom stereocenters. The summed E-state index contributed by atoms with van der Waals surface area (Å²) in [4.78, 5) is 67.0. The third kappa shape index (κ3) is 5.94. The zero-order chi connectivity index (χ0) is 34.6. The third-order valence-electron chi connectivity index (χ3n) is 10.7. The van der Waals surface area contributed by atoms with E-state index in [9.17, 15) is 19.2 Å². The van der Waals surface area contributed by atoms with Gasteiger partial charge in [-0.1, -0.05) is 6.07 Å². The fraction of sp³-hybridized carbons (Fsp3) is 0.500. The Labute approximate surface area is 289 Å². The number of benzene rings is 2. The van der Waals surface area contributed by atoms with Gasteiger partial charge in [0.2, 0.25) is 23.7 Å². The van der Waals surface area contributed by atoms with E-state index in [1.165, 1.54) is 0 Å².